The fourth-order valence-electron chi connectivity index (χ4n) is 0.892. The van der Waals surface area contributed by atoms with Crippen molar-refractivity contribution in [3.63, 3.8) is 0 Å². The molecule has 4 nitrogen and oxygen atoms in total. The average Bonchev–Trinajstić information content (AvgIpc) is 2.16. The Morgan fingerprint density at radius 1 is 1.50 bits per heavy atom. The van der Waals surface area contributed by atoms with Gasteiger partial charge in [-0.1, -0.05) is 17.7 Å². The van der Waals surface area contributed by atoms with Crippen LogP contribution in [-0.2, 0) is 4.79 Å². The molecule has 1 aromatic carbocycles. The van der Waals surface area contributed by atoms with Crippen LogP contribution in [0.15, 0.2) is 24.3 Å². The molecule has 0 bridgehead atoms. The topological polar surface area (TPSA) is 72.5 Å². The third-order valence-electron chi connectivity index (χ3n) is 1.77. The number of carbonyl (C=O) groups is 1. The van der Waals surface area contributed by atoms with E-state index in [2.05, 4.69) is 0 Å². The van der Waals surface area contributed by atoms with Crippen molar-refractivity contribution in [2.45, 2.75) is 13.0 Å². The normalized spacial score (nSPS) is 12.1. The van der Waals surface area contributed by atoms with Crippen LogP contribution in [-0.4, -0.2) is 23.7 Å². The number of aryl methyl sites for hydroxylation is 1. The second kappa shape index (κ2) is 4.62. The second-order valence-electron chi connectivity index (χ2n) is 3.07. The summed E-state index contributed by atoms with van der Waals surface area (Å²) in [6.07, 6.45) is 0. The number of carboxylic acid groups (broad SMARTS) is 1. The van der Waals surface area contributed by atoms with Crippen molar-refractivity contribution >= 4 is 5.97 Å². The van der Waals surface area contributed by atoms with E-state index < -0.39 is 12.0 Å². The molecule has 0 radical (unpaired) electrons. The smallest absolute Gasteiger partial charge is 0.324 e. The highest BCUT2D eigenvalue weighted by Gasteiger charge is 2.11. The van der Waals surface area contributed by atoms with E-state index in [0.29, 0.717) is 5.75 Å². The van der Waals surface area contributed by atoms with Crippen LogP contribution in [0, 0.1) is 6.92 Å². The van der Waals surface area contributed by atoms with Crippen molar-refractivity contribution in [3.8, 4) is 5.75 Å². The zero-order valence-electron chi connectivity index (χ0n) is 7.93. The van der Waals surface area contributed by atoms with Crippen molar-refractivity contribution in [2.75, 3.05) is 6.61 Å². The molecule has 0 amide bonds. The minimum atomic E-state index is -1.06. The Bertz CT molecular complexity index is 308. The zero-order valence-corrected chi connectivity index (χ0v) is 7.93. The highest BCUT2D eigenvalue weighted by Crippen LogP contribution is 2.11. The second-order valence-corrected chi connectivity index (χ2v) is 3.07. The largest absolute Gasteiger partial charge is 0.491 e. The Labute approximate surface area is 82.3 Å². The van der Waals surface area contributed by atoms with E-state index in [1.807, 2.05) is 19.1 Å². The lowest BCUT2D eigenvalue weighted by Gasteiger charge is -2.09. The minimum absolute atomic E-state index is 0.0155. The van der Waals surface area contributed by atoms with Crippen molar-refractivity contribution in [3.05, 3.63) is 29.8 Å². The summed E-state index contributed by atoms with van der Waals surface area (Å²) in [6.45, 7) is 1.95. The quantitative estimate of drug-likeness (QED) is 0.744. The molecular formula is C10H13NO3. The first kappa shape index (κ1) is 10.5. The van der Waals surface area contributed by atoms with E-state index in [1.54, 1.807) is 12.1 Å². The highest BCUT2D eigenvalue weighted by atomic mass is 16.5. The maximum atomic E-state index is 10.4. The van der Waals surface area contributed by atoms with Gasteiger partial charge in [0.2, 0.25) is 0 Å². The summed E-state index contributed by atoms with van der Waals surface area (Å²) in [5.74, 6) is -0.426. The SMILES string of the molecule is Cc1ccc(OC[C@@H](N)C(=O)O)cc1. The summed E-state index contributed by atoms with van der Waals surface area (Å²) in [5.41, 5.74) is 6.39. The molecule has 0 aliphatic carbocycles. The van der Waals surface area contributed by atoms with Gasteiger partial charge < -0.3 is 15.6 Å². The molecule has 1 rings (SSSR count). The molecule has 1 aromatic rings. The predicted octanol–water partition coefficient (Wildman–Crippen LogP) is 0.786. The van der Waals surface area contributed by atoms with Gasteiger partial charge in [0.1, 0.15) is 18.4 Å². The molecule has 0 aromatic heterocycles. The van der Waals surface area contributed by atoms with E-state index in [4.69, 9.17) is 15.6 Å². The standard InChI is InChI=1S/C10H13NO3/c1-7-2-4-8(5-3-7)14-6-9(11)10(12)13/h2-5,9H,6,11H2,1H3,(H,12,13)/t9-/m1/s1. The van der Waals surface area contributed by atoms with Gasteiger partial charge >= 0.3 is 5.97 Å². The fraction of sp³-hybridized carbons (Fsp3) is 0.300. The summed E-state index contributed by atoms with van der Waals surface area (Å²) < 4.78 is 5.18. The summed E-state index contributed by atoms with van der Waals surface area (Å²) in [7, 11) is 0. The highest BCUT2D eigenvalue weighted by molar-refractivity contribution is 5.73. The Balaban J connectivity index is 2.46. The summed E-state index contributed by atoms with van der Waals surface area (Å²) in [4.78, 5) is 10.4. The monoisotopic (exact) mass is 195 g/mol. The molecule has 0 heterocycles. The maximum Gasteiger partial charge on any atom is 0.324 e. The molecular weight excluding hydrogens is 182 g/mol. The molecule has 0 fully saturated rings. The molecule has 0 saturated heterocycles. The number of carboxylic acids is 1. The van der Waals surface area contributed by atoms with Gasteiger partial charge in [-0.2, -0.15) is 0 Å². The number of aliphatic carboxylic acids is 1. The number of ether oxygens (including phenoxy) is 1. The van der Waals surface area contributed by atoms with Gasteiger partial charge in [0.15, 0.2) is 0 Å². The lowest BCUT2D eigenvalue weighted by molar-refractivity contribution is -0.139. The Morgan fingerprint density at radius 3 is 2.57 bits per heavy atom. The van der Waals surface area contributed by atoms with Crippen molar-refractivity contribution < 1.29 is 14.6 Å². The van der Waals surface area contributed by atoms with Gasteiger partial charge in [-0.3, -0.25) is 4.79 Å². The third kappa shape index (κ3) is 3.06. The van der Waals surface area contributed by atoms with Crippen LogP contribution in [0.25, 0.3) is 0 Å². The van der Waals surface area contributed by atoms with E-state index in [0.717, 1.165) is 5.56 Å². The third-order valence-corrected chi connectivity index (χ3v) is 1.77. The first-order chi connectivity index (χ1) is 6.59. The molecule has 0 saturated carbocycles. The predicted molar refractivity (Wildman–Crippen MR) is 52.3 cm³/mol. The molecule has 0 unspecified atom stereocenters. The molecule has 0 aliphatic heterocycles. The van der Waals surface area contributed by atoms with E-state index in [9.17, 15) is 4.79 Å². The number of nitrogens with two attached hydrogens (primary N) is 1. The van der Waals surface area contributed by atoms with Gasteiger partial charge in [-0.05, 0) is 19.1 Å². The van der Waals surface area contributed by atoms with Gasteiger partial charge in [0.25, 0.3) is 0 Å². The van der Waals surface area contributed by atoms with Crippen LogP contribution >= 0.6 is 0 Å². The summed E-state index contributed by atoms with van der Waals surface area (Å²) >= 11 is 0. The van der Waals surface area contributed by atoms with Crippen LogP contribution in [0.1, 0.15) is 5.56 Å². The van der Waals surface area contributed by atoms with Crippen molar-refractivity contribution in [1.82, 2.24) is 0 Å². The number of hydrogen-bond donors (Lipinski definition) is 2. The Hall–Kier alpha value is -1.55. The first-order valence-corrected chi connectivity index (χ1v) is 4.27. The van der Waals surface area contributed by atoms with Gasteiger partial charge in [-0.25, -0.2) is 0 Å². The molecule has 4 heteroatoms. The Kier molecular flexibility index (Phi) is 3.48. The Morgan fingerprint density at radius 2 is 2.07 bits per heavy atom. The minimum Gasteiger partial charge on any atom is -0.491 e. The van der Waals surface area contributed by atoms with E-state index in [-0.39, 0.29) is 6.61 Å². The number of rotatable bonds is 4. The van der Waals surface area contributed by atoms with Crippen molar-refractivity contribution in [2.24, 2.45) is 5.73 Å². The molecule has 1 atom stereocenters. The van der Waals surface area contributed by atoms with Crippen molar-refractivity contribution in [1.29, 1.82) is 0 Å². The molecule has 0 aliphatic rings. The lowest BCUT2D eigenvalue weighted by Crippen LogP contribution is -2.36. The van der Waals surface area contributed by atoms with E-state index >= 15 is 0 Å². The van der Waals surface area contributed by atoms with Gasteiger partial charge in [-0.15, -0.1) is 0 Å². The van der Waals surface area contributed by atoms with Crippen LogP contribution in [0.5, 0.6) is 5.75 Å². The van der Waals surface area contributed by atoms with Gasteiger partial charge in [0, 0.05) is 0 Å². The first-order valence-electron chi connectivity index (χ1n) is 4.27. The molecule has 14 heavy (non-hydrogen) atoms. The van der Waals surface area contributed by atoms with Crippen LogP contribution in [0.2, 0.25) is 0 Å². The van der Waals surface area contributed by atoms with Crippen LogP contribution in [0.3, 0.4) is 0 Å². The lowest BCUT2D eigenvalue weighted by atomic mass is 10.2. The zero-order chi connectivity index (χ0) is 10.6. The number of hydrogen-bond acceptors (Lipinski definition) is 3. The van der Waals surface area contributed by atoms with Crippen LogP contribution < -0.4 is 10.5 Å². The van der Waals surface area contributed by atoms with Gasteiger partial charge in [0.05, 0.1) is 0 Å². The molecule has 76 valence electrons. The summed E-state index contributed by atoms with van der Waals surface area (Å²) in [6, 6.07) is 6.37. The number of benzene rings is 1. The molecule has 3 N–H and O–H groups in total. The van der Waals surface area contributed by atoms with E-state index in [1.165, 1.54) is 0 Å². The average molecular weight is 195 g/mol. The van der Waals surface area contributed by atoms with Crippen LogP contribution in [0.4, 0.5) is 0 Å². The fourth-order valence-corrected chi connectivity index (χ4v) is 0.892. The maximum absolute atomic E-state index is 10.4. The summed E-state index contributed by atoms with van der Waals surface area (Å²) in [5, 5.41) is 8.50. The molecule has 0 spiro atoms.